The van der Waals surface area contributed by atoms with Crippen LogP contribution in [0.3, 0.4) is 0 Å². The Bertz CT molecular complexity index is 1090. The van der Waals surface area contributed by atoms with Gasteiger partial charge in [-0.05, 0) is 42.8 Å². The summed E-state index contributed by atoms with van der Waals surface area (Å²) in [7, 11) is 0. The minimum absolute atomic E-state index is 0.231. The molecule has 0 aliphatic rings. The number of rotatable bonds is 2. The largest absolute Gasteiger partial charge is 0.298 e. The number of aromatic nitrogens is 3. The van der Waals surface area contributed by atoms with E-state index >= 15 is 0 Å². The zero-order valence-corrected chi connectivity index (χ0v) is 14.1. The number of nitrogens with one attached hydrogen (secondary N) is 1. The molecule has 2 aromatic carbocycles. The second kappa shape index (κ2) is 5.81. The van der Waals surface area contributed by atoms with Crippen LogP contribution in [0.25, 0.3) is 21.3 Å². The van der Waals surface area contributed by atoms with Gasteiger partial charge in [0.2, 0.25) is 0 Å². The van der Waals surface area contributed by atoms with Crippen molar-refractivity contribution in [1.29, 1.82) is 0 Å². The van der Waals surface area contributed by atoms with Crippen molar-refractivity contribution >= 4 is 55.2 Å². The van der Waals surface area contributed by atoms with Gasteiger partial charge in [-0.15, -0.1) is 0 Å². The van der Waals surface area contributed by atoms with Crippen molar-refractivity contribution in [2.75, 3.05) is 5.32 Å². The first-order valence-corrected chi connectivity index (χ1v) is 8.39. The molecule has 0 aliphatic carbocycles. The van der Waals surface area contributed by atoms with Gasteiger partial charge in [0.15, 0.2) is 5.13 Å². The number of hydrogen-bond acceptors (Lipinski definition) is 5. The minimum atomic E-state index is -0.231. The van der Waals surface area contributed by atoms with Crippen molar-refractivity contribution in [2.24, 2.45) is 0 Å². The third kappa shape index (κ3) is 2.60. The first kappa shape index (κ1) is 15.0. The van der Waals surface area contributed by atoms with Gasteiger partial charge in [0, 0.05) is 23.0 Å². The highest BCUT2D eigenvalue weighted by molar-refractivity contribution is 7.22. The van der Waals surface area contributed by atoms with E-state index in [0.29, 0.717) is 21.2 Å². The van der Waals surface area contributed by atoms with Crippen LogP contribution in [0.4, 0.5) is 5.13 Å². The lowest BCUT2D eigenvalue weighted by atomic mass is 10.2. The standard InChI is InChI=1S/C17H11ClN4OS/c1-9-11(18)3-5-14-15(9)21-17(24-14)22-16(23)10-2-4-12-13(8-10)20-7-6-19-12/h2-8H,1H3,(H,21,22,23). The number of thiazole rings is 1. The van der Waals surface area contributed by atoms with Crippen molar-refractivity contribution < 1.29 is 4.79 Å². The van der Waals surface area contributed by atoms with Crippen LogP contribution in [0.1, 0.15) is 15.9 Å². The molecule has 0 spiro atoms. The van der Waals surface area contributed by atoms with Gasteiger partial charge in [0.25, 0.3) is 5.91 Å². The second-order valence-corrected chi connectivity index (χ2v) is 6.69. The van der Waals surface area contributed by atoms with E-state index in [1.165, 1.54) is 11.3 Å². The Labute approximate surface area is 146 Å². The lowest BCUT2D eigenvalue weighted by Gasteiger charge is -2.02. The fourth-order valence-electron chi connectivity index (χ4n) is 2.43. The van der Waals surface area contributed by atoms with E-state index in [0.717, 1.165) is 21.3 Å². The summed E-state index contributed by atoms with van der Waals surface area (Å²) in [6.45, 7) is 1.91. The molecule has 118 valence electrons. The van der Waals surface area contributed by atoms with Crippen molar-refractivity contribution in [3.63, 3.8) is 0 Å². The van der Waals surface area contributed by atoms with Crippen LogP contribution >= 0.6 is 22.9 Å². The van der Waals surface area contributed by atoms with Gasteiger partial charge in [-0.1, -0.05) is 22.9 Å². The molecule has 4 rings (SSSR count). The van der Waals surface area contributed by atoms with Gasteiger partial charge in [-0.25, -0.2) is 4.98 Å². The Morgan fingerprint density at radius 2 is 1.92 bits per heavy atom. The number of anilines is 1. The summed E-state index contributed by atoms with van der Waals surface area (Å²) in [6, 6.07) is 8.96. The van der Waals surface area contributed by atoms with Gasteiger partial charge >= 0.3 is 0 Å². The molecule has 2 heterocycles. The van der Waals surface area contributed by atoms with E-state index in [-0.39, 0.29) is 5.91 Å². The Balaban J connectivity index is 1.66. The molecule has 1 N–H and O–H groups in total. The molecule has 0 saturated carbocycles. The summed E-state index contributed by atoms with van der Waals surface area (Å²) in [6.07, 6.45) is 3.22. The first-order chi connectivity index (χ1) is 11.6. The third-order valence-electron chi connectivity index (χ3n) is 3.70. The van der Waals surface area contributed by atoms with Crippen LogP contribution in [-0.4, -0.2) is 20.9 Å². The molecule has 0 bridgehead atoms. The molecule has 0 radical (unpaired) electrons. The van der Waals surface area contributed by atoms with Crippen molar-refractivity contribution in [1.82, 2.24) is 15.0 Å². The Hall–Kier alpha value is -2.57. The topological polar surface area (TPSA) is 67.8 Å². The van der Waals surface area contributed by atoms with E-state index < -0.39 is 0 Å². The fourth-order valence-corrected chi connectivity index (χ4v) is 3.50. The molecule has 4 aromatic rings. The van der Waals surface area contributed by atoms with E-state index in [9.17, 15) is 4.79 Å². The van der Waals surface area contributed by atoms with E-state index in [2.05, 4.69) is 20.3 Å². The van der Waals surface area contributed by atoms with E-state index in [1.54, 1.807) is 30.6 Å². The summed E-state index contributed by atoms with van der Waals surface area (Å²) >= 11 is 7.54. The summed E-state index contributed by atoms with van der Waals surface area (Å²) < 4.78 is 0.983. The van der Waals surface area contributed by atoms with Gasteiger partial charge in [-0.2, -0.15) is 0 Å². The second-order valence-electron chi connectivity index (χ2n) is 5.25. The number of carbonyl (C=O) groups excluding carboxylic acids is 1. The van der Waals surface area contributed by atoms with Crippen molar-refractivity contribution in [3.8, 4) is 0 Å². The zero-order valence-electron chi connectivity index (χ0n) is 12.6. The summed E-state index contributed by atoms with van der Waals surface area (Å²) in [5.74, 6) is -0.231. The lowest BCUT2D eigenvalue weighted by molar-refractivity contribution is 0.102. The van der Waals surface area contributed by atoms with Crippen molar-refractivity contribution in [2.45, 2.75) is 6.92 Å². The number of carbonyl (C=O) groups is 1. The monoisotopic (exact) mass is 354 g/mol. The van der Waals surface area contributed by atoms with Crippen LogP contribution < -0.4 is 5.32 Å². The summed E-state index contributed by atoms with van der Waals surface area (Å²) in [4.78, 5) is 25.4. The highest BCUT2D eigenvalue weighted by Crippen LogP contribution is 2.31. The predicted octanol–water partition coefficient (Wildman–Crippen LogP) is 4.45. The molecule has 0 saturated heterocycles. The van der Waals surface area contributed by atoms with Gasteiger partial charge in [0.1, 0.15) is 0 Å². The molecule has 5 nitrogen and oxygen atoms in total. The smallest absolute Gasteiger partial charge is 0.257 e. The maximum Gasteiger partial charge on any atom is 0.257 e. The van der Waals surface area contributed by atoms with Gasteiger partial charge in [0.05, 0.1) is 21.3 Å². The van der Waals surface area contributed by atoms with Crippen LogP contribution in [-0.2, 0) is 0 Å². The Morgan fingerprint density at radius 3 is 2.75 bits per heavy atom. The van der Waals surface area contributed by atoms with E-state index in [4.69, 9.17) is 11.6 Å². The highest BCUT2D eigenvalue weighted by Gasteiger charge is 2.13. The molecule has 0 atom stereocenters. The summed E-state index contributed by atoms with van der Waals surface area (Å²) in [5, 5.41) is 4.04. The first-order valence-electron chi connectivity index (χ1n) is 7.19. The average molecular weight is 355 g/mol. The molecule has 7 heteroatoms. The lowest BCUT2D eigenvalue weighted by Crippen LogP contribution is -2.11. The Morgan fingerprint density at radius 1 is 1.12 bits per heavy atom. The van der Waals surface area contributed by atoms with E-state index in [1.807, 2.05) is 19.1 Å². The maximum atomic E-state index is 12.5. The molecule has 0 aliphatic heterocycles. The normalized spacial score (nSPS) is 11.1. The number of amides is 1. The summed E-state index contributed by atoms with van der Waals surface area (Å²) in [5.41, 5.74) is 3.66. The fraction of sp³-hybridized carbons (Fsp3) is 0.0588. The number of hydrogen-bond donors (Lipinski definition) is 1. The number of nitrogens with zero attached hydrogens (tertiary/aromatic N) is 3. The number of aryl methyl sites for hydroxylation is 1. The van der Waals surface area contributed by atoms with Crippen LogP contribution in [0, 0.1) is 6.92 Å². The molecule has 1 amide bonds. The zero-order chi connectivity index (χ0) is 16.7. The molecular formula is C17H11ClN4OS. The number of benzene rings is 2. The molecule has 0 fully saturated rings. The van der Waals surface area contributed by atoms with Crippen LogP contribution in [0.5, 0.6) is 0 Å². The van der Waals surface area contributed by atoms with Crippen LogP contribution in [0.2, 0.25) is 5.02 Å². The molecule has 0 unspecified atom stereocenters. The maximum absolute atomic E-state index is 12.5. The Kier molecular flexibility index (Phi) is 3.63. The van der Waals surface area contributed by atoms with Gasteiger partial charge < -0.3 is 0 Å². The van der Waals surface area contributed by atoms with Crippen LogP contribution in [0.15, 0.2) is 42.7 Å². The quantitative estimate of drug-likeness (QED) is 0.577. The molecule has 24 heavy (non-hydrogen) atoms. The average Bonchev–Trinajstić information content (AvgIpc) is 3.01. The highest BCUT2D eigenvalue weighted by atomic mass is 35.5. The van der Waals surface area contributed by atoms with Gasteiger partial charge in [-0.3, -0.25) is 20.1 Å². The predicted molar refractivity (Wildman–Crippen MR) is 96.9 cm³/mol. The molecule has 2 aromatic heterocycles. The molecular weight excluding hydrogens is 344 g/mol. The van der Waals surface area contributed by atoms with Crippen molar-refractivity contribution in [3.05, 3.63) is 58.9 Å². The number of halogens is 1. The minimum Gasteiger partial charge on any atom is -0.298 e. The third-order valence-corrected chi connectivity index (χ3v) is 5.05. The number of fused-ring (bicyclic) bond motifs is 2. The SMILES string of the molecule is Cc1c(Cl)ccc2sc(NC(=O)c3ccc4nccnc4c3)nc12.